The second-order valence-electron chi connectivity index (χ2n) is 5.60. The van der Waals surface area contributed by atoms with E-state index < -0.39 is 5.41 Å². The second kappa shape index (κ2) is 7.58. The summed E-state index contributed by atoms with van der Waals surface area (Å²) in [7, 11) is 1.97. The number of aliphatic hydroxyl groups excluding tert-OH is 2. The van der Waals surface area contributed by atoms with E-state index in [0.717, 1.165) is 24.9 Å². The van der Waals surface area contributed by atoms with Gasteiger partial charge in [-0.25, -0.2) is 4.39 Å². The third-order valence-corrected chi connectivity index (χ3v) is 3.31. The van der Waals surface area contributed by atoms with Gasteiger partial charge in [0.25, 0.3) is 0 Å². The normalized spacial score (nSPS) is 12.1. The molecule has 0 amide bonds. The smallest absolute Gasteiger partial charge is 0.123 e. The lowest BCUT2D eigenvalue weighted by molar-refractivity contribution is 0.0418. The molecule has 2 N–H and O–H groups in total. The monoisotopic (exact) mass is 269 g/mol. The molecule has 108 valence electrons. The topological polar surface area (TPSA) is 43.7 Å². The van der Waals surface area contributed by atoms with Gasteiger partial charge in [0.1, 0.15) is 5.82 Å². The van der Waals surface area contributed by atoms with E-state index in [1.54, 1.807) is 12.1 Å². The molecule has 0 aliphatic rings. The van der Waals surface area contributed by atoms with Crippen LogP contribution in [-0.4, -0.2) is 48.5 Å². The molecule has 3 nitrogen and oxygen atoms in total. The van der Waals surface area contributed by atoms with Gasteiger partial charge in [-0.05, 0) is 44.1 Å². The van der Waals surface area contributed by atoms with E-state index in [2.05, 4.69) is 4.90 Å². The van der Waals surface area contributed by atoms with Crippen LogP contribution in [0.5, 0.6) is 0 Å². The van der Waals surface area contributed by atoms with Crippen LogP contribution in [0.3, 0.4) is 0 Å². The SMILES string of the molecule is CN(CCCc1cccc(F)c1)CC(C)(CO)CO. The minimum absolute atomic E-state index is 0.0300. The first-order chi connectivity index (χ1) is 8.99. The Morgan fingerprint density at radius 2 is 1.95 bits per heavy atom. The molecule has 0 heterocycles. The Morgan fingerprint density at radius 3 is 2.53 bits per heavy atom. The Balaban J connectivity index is 2.33. The predicted octanol–water partition coefficient (Wildman–Crippen LogP) is 1.68. The number of hydrogen-bond donors (Lipinski definition) is 2. The number of hydrogen-bond acceptors (Lipinski definition) is 3. The maximum Gasteiger partial charge on any atom is 0.123 e. The Morgan fingerprint density at radius 1 is 1.26 bits per heavy atom. The zero-order valence-corrected chi connectivity index (χ0v) is 11.8. The van der Waals surface area contributed by atoms with Crippen LogP contribution in [-0.2, 0) is 6.42 Å². The van der Waals surface area contributed by atoms with Crippen molar-refractivity contribution in [3.05, 3.63) is 35.6 Å². The molecule has 1 aromatic carbocycles. The lowest BCUT2D eigenvalue weighted by atomic mass is 9.92. The minimum atomic E-state index is -0.465. The minimum Gasteiger partial charge on any atom is -0.396 e. The van der Waals surface area contributed by atoms with Gasteiger partial charge in [0.2, 0.25) is 0 Å². The van der Waals surface area contributed by atoms with Crippen LogP contribution in [0.2, 0.25) is 0 Å². The van der Waals surface area contributed by atoms with Crippen molar-refractivity contribution in [1.29, 1.82) is 0 Å². The number of nitrogens with zero attached hydrogens (tertiary/aromatic N) is 1. The average Bonchev–Trinajstić information content (AvgIpc) is 2.38. The highest BCUT2D eigenvalue weighted by molar-refractivity contribution is 5.16. The second-order valence-corrected chi connectivity index (χ2v) is 5.60. The fraction of sp³-hybridized carbons (Fsp3) is 0.600. The maximum absolute atomic E-state index is 13.0. The van der Waals surface area contributed by atoms with Gasteiger partial charge in [-0.3, -0.25) is 0 Å². The number of halogens is 1. The number of benzene rings is 1. The van der Waals surface area contributed by atoms with Crippen LogP contribution in [0, 0.1) is 11.2 Å². The van der Waals surface area contributed by atoms with Gasteiger partial charge < -0.3 is 15.1 Å². The van der Waals surface area contributed by atoms with Crippen molar-refractivity contribution in [3.8, 4) is 0 Å². The van der Waals surface area contributed by atoms with Gasteiger partial charge >= 0.3 is 0 Å². The van der Waals surface area contributed by atoms with Gasteiger partial charge in [-0.15, -0.1) is 0 Å². The fourth-order valence-corrected chi connectivity index (χ4v) is 2.13. The summed E-state index contributed by atoms with van der Waals surface area (Å²) >= 11 is 0. The van der Waals surface area contributed by atoms with Crippen LogP contribution in [0.1, 0.15) is 18.9 Å². The molecule has 0 unspecified atom stereocenters. The largest absolute Gasteiger partial charge is 0.396 e. The Labute approximate surface area is 114 Å². The lowest BCUT2D eigenvalue weighted by Gasteiger charge is -2.30. The van der Waals surface area contributed by atoms with Crippen molar-refractivity contribution >= 4 is 0 Å². The van der Waals surface area contributed by atoms with Crippen LogP contribution in [0.25, 0.3) is 0 Å². The third-order valence-electron chi connectivity index (χ3n) is 3.31. The molecule has 0 saturated carbocycles. The van der Waals surface area contributed by atoms with E-state index >= 15 is 0 Å². The molecule has 0 fully saturated rings. The highest BCUT2D eigenvalue weighted by Gasteiger charge is 2.23. The molecule has 1 rings (SSSR count). The average molecular weight is 269 g/mol. The highest BCUT2D eigenvalue weighted by atomic mass is 19.1. The summed E-state index contributed by atoms with van der Waals surface area (Å²) in [5, 5.41) is 18.5. The van der Waals surface area contributed by atoms with E-state index in [4.69, 9.17) is 0 Å². The standard InChI is InChI=1S/C15H24FNO2/c1-15(11-18,12-19)10-17(2)8-4-6-13-5-3-7-14(16)9-13/h3,5,7,9,18-19H,4,6,8,10-12H2,1-2H3. The van der Waals surface area contributed by atoms with Gasteiger partial charge in [-0.1, -0.05) is 19.1 Å². The molecule has 0 radical (unpaired) electrons. The zero-order valence-electron chi connectivity index (χ0n) is 11.8. The van der Waals surface area contributed by atoms with Crippen molar-refractivity contribution in [1.82, 2.24) is 4.90 Å². The maximum atomic E-state index is 13.0. The molecule has 4 heteroatoms. The van der Waals surface area contributed by atoms with E-state index in [1.165, 1.54) is 6.07 Å². The van der Waals surface area contributed by atoms with E-state index in [1.807, 2.05) is 20.0 Å². The Bertz CT molecular complexity index is 380. The van der Waals surface area contributed by atoms with Gasteiger partial charge in [0, 0.05) is 12.0 Å². The molecule has 1 aromatic rings. The first-order valence-corrected chi connectivity index (χ1v) is 6.64. The number of rotatable bonds is 8. The first-order valence-electron chi connectivity index (χ1n) is 6.64. The molecule has 0 aliphatic carbocycles. The van der Waals surface area contributed by atoms with Crippen molar-refractivity contribution in [3.63, 3.8) is 0 Å². The third kappa shape index (κ3) is 5.68. The summed E-state index contributed by atoms with van der Waals surface area (Å²) in [5.74, 6) is -0.195. The summed E-state index contributed by atoms with van der Waals surface area (Å²) < 4.78 is 13.0. The summed E-state index contributed by atoms with van der Waals surface area (Å²) in [5.41, 5.74) is 0.536. The Hall–Kier alpha value is -0.970. The molecule has 0 bridgehead atoms. The lowest BCUT2D eigenvalue weighted by Crippen LogP contribution is -2.39. The van der Waals surface area contributed by atoms with Crippen LogP contribution >= 0.6 is 0 Å². The molecule has 0 spiro atoms. The summed E-state index contributed by atoms with van der Waals surface area (Å²) in [4.78, 5) is 2.09. The predicted molar refractivity (Wildman–Crippen MR) is 74.5 cm³/mol. The number of aliphatic hydroxyl groups is 2. The molecular formula is C15H24FNO2. The van der Waals surface area contributed by atoms with Gasteiger partial charge in [0.05, 0.1) is 13.2 Å². The molecule has 0 aliphatic heterocycles. The summed E-state index contributed by atoms with van der Waals surface area (Å²) in [6.07, 6.45) is 1.75. The van der Waals surface area contributed by atoms with Gasteiger partial charge in [-0.2, -0.15) is 0 Å². The van der Waals surface area contributed by atoms with Crippen LogP contribution < -0.4 is 0 Å². The van der Waals surface area contributed by atoms with Gasteiger partial charge in [0.15, 0.2) is 0 Å². The summed E-state index contributed by atoms with van der Waals surface area (Å²) in [6.45, 7) is 3.29. The van der Waals surface area contributed by atoms with E-state index in [0.29, 0.717) is 6.54 Å². The molecule has 0 atom stereocenters. The van der Waals surface area contributed by atoms with Crippen molar-refractivity contribution in [2.75, 3.05) is 33.4 Å². The molecule has 19 heavy (non-hydrogen) atoms. The van der Waals surface area contributed by atoms with Crippen LogP contribution in [0.15, 0.2) is 24.3 Å². The van der Waals surface area contributed by atoms with Crippen LogP contribution in [0.4, 0.5) is 4.39 Å². The van der Waals surface area contributed by atoms with E-state index in [9.17, 15) is 14.6 Å². The van der Waals surface area contributed by atoms with E-state index in [-0.39, 0.29) is 19.0 Å². The Kier molecular flexibility index (Phi) is 6.42. The first kappa shape index (κ1) is 16.1. The highest BCUT2D eigenvalue weighted by Crippen LogP contribution is 2.16. The van der Waals surface area contributed by atoms with Crippen molar-refractivity contribution in [2.24, 2.45) is 5.41 Å². The molecule has 0 aromatic heterocycles. The summed E-state index contributed by atoms with van der Waals surface area (Å²) in [6, 6.07) is 6.66. The zero-order chi connectivity index (χ0) is 14.3. The van der Waals surface area contributed by atoms with Crippen molar-refractivity contribution in [2.45, 2.75) is 19.8 Å². The molecular weight excluding hydrogens is 245 g/mol. The quantitative estimate of drug-likeness (QED) is 0.754. The number of aryl methyl sites for hydroxylation is 1. The molecule has 0 saturated heterocycles. The fourth-order valence-electron chi connectivity index (χ4n) is 2.13. The van der Waals surface area contributed by atoms with Crippen molar-refractivity contribution < 1.29 is 14.6 Å².